The smallest absolute Gasteiger partial charge is 0.337 e. The van der Waals surface area contributed by atoms with Crippen LogP contribution in [-0.2, 0) is 0 Å². The number of rotatable bonds is 7. The van der Waals surface area contributed by atoms with Crippen molar-refractivity contribution in [1.82, 2.24) is 14.5 Å². The summed E-state index contributed by atoms with van der Waals surface area (Å²) in [4.78, 5) is 20.3. The number of ether oxygens (including phenoxy) is 1. The summed E-state index contributed by atoms with van der Waals surface area (Å²) in [6.45, 7) is 3.88. The maximum Gasteiger partial charge on any atom is 0.337 e. The van der Waals surface area contributed by atoms with E-state index >= 15 is 0 Å². The van der Waals surface area contributed by atoms with Crippen LogP contribution in [0.5, 0.6) is 5.88 Å². The van der Waals surface area contributed by atoms with E-state index in [2.05, 4.69) is 4.98 Å². The summed E-state index contributed by atoms with van der Waals surface area (Å²) in [5.74, 6) is -1.99. The van der Waals surface area contributed by atoms with E-state index in [0.717, 1.165) is 43.7 Å². The van der Waals surface area contributed by atoms with E-state index in [1.165, 1.54) is 24.4 Å². The van der Waals surface area contributed by atoms with Gasteiger partial charge in [0.15, 0.2) is 11.6 Å². The Morgan fingerprint density at radius 3 is 2.39 bits per heavy atom. The Labute approximate surface area is 224 Å². The Hall–Kier alpha value is -3.52. The number of nitrogens with zero attached hydrogens (tertiary/aromatic N) is 3. The van der Waals surface area contributed by atoms with Gasteiger partial charge in [-0.3, -0.25) is 0 Å². The highest BCUT2D eigenvalue weighted by molar-refractivity contribution is 6.30. The minimum Gasteiger partial charge on any atom is -0.478 e. The maximum absolute atomic E-state index is 14.6. The van der Waals surface area contributed by atoms with Crippen LogP contribution in [0.3, 0.4) is 0 Å². The van der Waals surface area contributed by atoms with E-state index in [0.29, 0.717) is 21.9 Å². The number of aromatic nitrogens is 3. The molecule has 1 fully saturated rings. The van der Waals surface area contributed by atoms with Crippen LogP contribution in [0.25, 0.3) is 22.4 Å². The first-order valence-corrected chi connectivity index (χ1v) is 13.0. The van der Waals surface area contributed by atoms with Gasteiger partial charge in [-0.05, 0) is 62.9 Å². The molecule has 2 aromatic heterocycles. The molecule has 198 valence electrons. The molecule has 0 radical (unpaired) electrons. The van der Waals surface area contributed by atoms with Gasteiger partial charge in [-0.25, -0.2) is 23.5 Å². The molecule has 0 amide bonds. The molecule has 0 bridgehead atoms. The minimum atomic E-state index is -1.07. The molecule has 2 aromatic carbocycles. The van der Waals surface area contributed by atoms with E-state index in [1.807, 2.05) is 30.5 Å². The van der Waals surface area contributed by atoms with Gasteiger partial charge in [0, 0.05) is 35.0 Å². The lowest BCUT2D eigenvalue weighted by Crippen LogP contribution is -2.44. The molecule has 1 aliphatic rings. The summed E-state index contributed by atoms with van der Waals surface area (Å²) in [6, 6.07) is 12.2. The molecule has 5 rings (SSSR count). The monoisotopic (exact) mass is 539 g/mol. The number of benzene rings is 2. The Bertz CT molecular complexity index is 1460. The number of halogens is 3. The third kappa shape index (κ3) is 5.10. The summed E-state index contributed by atoms with van der Waals surface area (Å²) < 4.78 is 37.3. The average Bonchev–Trinajstić information content (AvgIpc) is 3.23. The van der Waals surface area contributed by atoms with Crippen molar-refractivity contribution in [2.24, 2.45) is 5.92 Å². The molecule has 2 heterocycles. The molecule has 0 spiro atoms. The molecule has 1 atom stereocenters. The summed E-state index contributed by atoms with van der Waals surface area (Å²) in [6.07, 6.45) is 6.37. The highest BCUT2D eigenvalue weighted by atomic mass is 35.5. The molecular formula is C29H28ClF2N3O3. The van der Waals surface area contributed by atoms with E-state index in [1.54, 1.807) is 12.1 Å². The summed E-state index contributed by atoms with van der Waals surface area (Å²) in [7, 11) is 0. The summed E-state index contributed by atoms with van der Waals surface area (Å²) >= 11 is 6.15. The van der Waals surface area contributed by atoms with Gasteiger partial charge >= 0.3 is 5.97 Å². The molecule has 6 nitrogen and oxygen atoms in total. The van der Waals surface area contributed by atoms with Crippen molar-refractivity contribution in [1.29, 1.82) is 0 Å². The standard InChI is InChI=1S/C29H28ClF2N3O3/c1-29(2,38-25-13-10-19(16-33-25)28(36)37)26(17-6-4-3-5-7-17)35-24-15-22(32)21(31)14-23(24)34-27(35)18-8-11-20(30)12-9-18/h8-17,26H,3-7H2,1-2H3,(H,36,37). The zero-order chi connectivity index (χ0) is 27.0. The molecule has 1 saturated carbocycles. The van der Waals surface area contributed by atoms with Crippen LogP contribution in [0.2, 0.25) is 5.02 Å². The highest BCUT2D eigenvalue weighted by Crippen LogP contribution is 2.45. The van der Waals surface area contributed by atoms with Gasteiger partial charge in [0.2, 0.25) is 5.88 Å². The van der Waals surface area contributed by atoms with Crippen LogP contribution in [0.4, 0.5) is 8.78 Å². The number of aromatic carboxylic acids is 1. The van der Waals surface area contributed by atoms with Gasteiger partial charge in [0.1, 0.15) is 11.4 Å². The predicted octanol–water partition coefficient (Wildman–Crippen LogP) is 7.71. The first kappa shape index (κ1) is 26.1. The molecular weight excluding hydrogens is 512 g/mol. The van der Waals surface area contributed by atoms with E-state index < -0.39 is 23.2 Å². The first-order chi connectivity index (χ1) is 18.1. The van der Waals surface area contributed by atoms with Crippen LogP contribution < -0.4 is 4.74 Å². The van der Waals surface area contributed by atoms with Crippen LogP contribution in [0.1, 0.15) is 62.4 Å². The first-order valence-electron chi connectivity index (χ1n) is 12.7. The fraction of sp³-hybridized carbons (Fsp3) is 0.345. The SMILES string of the molecule is CC(C)(Oc1ccc(C(=O)O)cn1)C(C1CCCCC1)n1c(-c2ccc(Cl)cc2)nc2cc(F)c(F)cc21. The van der Waals surface area contributed by atoms with Crippen molar-refractivity contribution in [3.63, 3.8) is 0 Å². The van der Waals surface area contributed by atoms with Crippen molar-refractivity contribution < 1.29 is 23.4 Å². The number of hydrogen-bond donors (Lipinski definition) is 1. The van der Waals surface area contributed by atoms with E-state index in [9.17, 15) is 18.7 Å². The van der Waals surface area contributed by atoms with E-state index in [4.69, 9.17) is 21.3 Å². The fourth-order valence-corrected chi connectivity index (χ4v) is 5.74. The number of imidazole rings is 1. The molecule has 1 aliphatic carbocycles. The quantitative estimate of drug-likeness (QED) is 0.260. The zero-order valence-corrected chi connectivity index (χ0v) is 21.9. The third-order valence-electron chi connectivity index (χ3n) is 7.27. The number of carboxylic acid groups (broad SMARTS) is 1. The Kier molecular flexibility index (Phi) is 7.09. The van der Waals surface area contributed by atoms with Crippen LogP contribution >= 0.6 is 11.6 Å². The second-order valence-electron chi connectivity index (χ2n) is 10.3. The van der Waals surface area contributed by atoms with Crippen molar-refractivity contribution in [3.05, 3.63) is 76.9 Å². The molecule has 1 unspecified atom stereocenters. The molecule has 0 aliphatic heterocycles. The largest absolute Gasteiger partial charge is 0.478 e. The van der Waals surface area contributed by atoms with Gasteiger partial charge in [-0.15, -0.1) is 0 Å². The van der Waals surface area contributed by atoms with Crippen LogP contribution in [0.15, 0.2) is 54.7 Å². The van der Waals surface area contributed by atoms with Gasteiger partial charge in [-0.2, -0.15) is 0 Å². The topological polar surface area (TPSA) is 77.2 Å². The number of carboxylic acids is 1. The van der Waals surface area contributed by atoms with Gasteiger partial charge in [0.25, 0.3) is 0 Å². The van der Waals surface area contributed by atoms with E-state index in [-0.39, 0.29) is 23.4 Å². The molecule has 0 saturated heterocycles. The molecule has 1 N–H and O–H groups in total. The molecule has 38 heavy (non-hydrogen) atoms. The highest BCUT2D eigenvalue weighted by Gasteiger charge is 2.42. The van der Waals surface area contributed by atoms with Crippen LogP contribution in [0, 0.1) is 17.6 Å². The maximum atomic E-state index is 14.6. The zero-order valence-electron chi connectivity index (χ0n) is 21.1. The second-order valence-corrected chi connectivity index (χ2v) is 10.7. The average molecular weight is 540 g/mol. The molecule has 9 heteroatoms. The predicted molar refractivity (Wildman–Crippen MR) is 142 cm³/mol. The number of hydrogen-bond acceptors (Lipinski definition) is 4. The normalized spacial score (nSPS) is 15.5. The van der Waals surface area contributed by atoms with Crippen LogP contribution in [-0.4, -0.2) is 31.2 Å². The Balaban J connectivity index is 1.69. The summed E-state index contributed by atoms with van der Waals surface area (Å²) in [5.41, 5.74) is 0.734. The van der Waals surface area contributed by atoms with Crippen molar-refractivity contribution in [2.45, 2.75) is 57.6 Å². The number of fused-ring (bicyclic) bond motifs is 1. The third-order valence-corrected chi connectivity index (χ3v) is 7.52. The Morgan fingerprint density at radius 1 is 1.08 bits per heavy atom. The van der Waals surface area contributed by atoms with Gasteiger partial charge in [-0.1, -0.05) is 30.9 Å². The number of carbonyl (C=O) groups is 1. The van der Waals surface area contributed by atoms with Crippen molar-refractivity contribution >= 4 is 28.6 Å². The minimum absolute atomic E-state index is 0.0575. The van der Waals surface area contributed by atoms with Crippen molar-refractivity contribution in [2.75, 3.05) is 0 Å². The van der Waals surface area contributed by atoms with Gasteiger partial charge in [0.05, 0.1) is 22.6 Å². The second kappa shape index (κ2) is 10.3. The fourth-order valence-electron chi connectivity index (χ4n) is 5.61. The van der Waals surface area contributed by atoms with Crippen molar-refractivity contribution in [3.8, 4) is 17.3 Å². The summed E-state index contributed by atoms with van der Waals surface area (Å²) in [5, 5.41) is 9.80. The molecule has 4 aromatic rings. The van der Waals surface area contributed by atoms with Gasteiger partial charge < -0.3 is 14.4 Å². The lowest BCUT2D eigenvalue weighted by Gasteiger charge is -2.42. The lowest BCUT2D eigenvalue weighted by atomic mass is 9.77. The number of pyridine rings is 1. The Morgan fingerprint density at radius 2 is 1.76 bits per heavy atom. The lowest BCUT2D eigenvalue weighted by molar-refractivity contribution is 0.0101.